The number of nitrogens with zero attached hydrogens (tertiary/aromatic N) is 3. The van der Waals surface area contributed by atoms with Crippen LogP contribution in [0.1, 0.15) is 36.2 Å². The smallest absolute Gasteiger partial charge is 0.475 e. The molecule has 3 rings (SSSR count). The number of rotatable bonds is 1. The number of amides is 1. The summed E-state index contributed by atoms with van der Waals surface area (Å²) in [6.07, 6.45) is 0.821. The molecule has 1 N–H and O–H groups in total. The van der Waals surface area contributed by atoms with Gasteiger partial charge in [-0.3, -0.25) is 4.79 Å². The Balaban J connectivity index is 0.000000277. The standard InChI is InChI=1S/C13H19N3O2.C2HF3O2/c1-15-9-5-13(6-10-15)4-2-8-16(13)12(17)11-3-7-14-18-11;3-2(4,5)1(6)7/h3,7H,2,4-6,8-10H2,1H3;(H,6,7). The lowest BCUT2D eigenvalue weighted by molar-refractivity contribution is -0.192. The summed E-state index contributed by atoms with van der Waals surface area (Å²) < 4.78 is 36.7. The second-order valence-corrected chi connectivity index (χ2v) is 6.27. The summed E-state index contributed by atoms with van der Waals surface area (Å²) in [7, 11) is 2.14. The first-order valence-electron chi connectivity index (χ1n) is 7.87. The highest BCUT2D eigenvalue weighted by atomic mass is 19.4. The van der Waals surface area contributed by atoms with E-state index >= 15 is 0 Å². The van der Waals surface area contributed by atoms with Crippen molar-refractivity contribution in [2.75, 3.05) is 26.7 Å². The van der Waals surface area contributed by atoms with Crippen LogP contribution in [-0.4, -0.2) is 70.3 Å². The van der Waals surface area contributed by atoms with Gasteiger partial charge in [-0.05, 0) is 32.7 Å². The Bertz CT molecular complexity index is 596. The molecule has 3 heterocycles. The average molecular weight is 363 g/mol. The van der Waals surface area contributed by atoms with Gasteiger partial charge in [-0.2, -0.15) is 13.2 Å². The van der Waals surface area contributed by atoms with E-state index in [4.69, 9.17) is 14.4 Å². The Morgan fingerprint density at radius 1 is 1.24 bits per heavy atom. The average Bonchev–Trinajstić information content (AvgIpc) is 3.20. The number of likely N-dealkylation sites (tertiary alicyclic amines) is 2. The Morgan fingerprint density at radius 3 is 2.32 bits per heavy atom. The Morgan fingerprint density at radius 2 is 1.84 bits per heavy atom. The van der Waals surface area contributed by atoms with Gasteiger partial charge in [0.2, 0.25) is 5.76 Å². The van der Waals surface area contributed by atoms with E-state index in [1.165, 1.54) is 6.20 Å². The Hall–Kier alpha value is -2.10. The molecule has 2 fully saturated rings. The second kappa shape index (κ2) is 7.42. The summed E-state index contributed by atoms with van der Waals surface area (Å²) in [5.74, 6) is -2.38. The number of aromatic nitrogens is 1. The molecule has 140 valence electrons. The van der Waals surface area contributed by atoms with Gasteiger partial charge in [0, 0.05) is 31.2 Å². The van der Waals surface area contributed by atoms with Crippen molar-refractivity contribution >= 4 is 11.9 Å². The number of carboxylic acids is 1. The van der Waals surface area contributed by atoms with Crippen LogP contribution in [0.5, 0.6) is 0 Å². The van der Waals surface area contributed by atoms with E-state index in [0.717, 1.165) is 45.3 Å². The summed E-state index contributed by atoms with van der Waals surface area (Å²) in [6, 6.07) is 1.66. The fourth-order valence-corrected chi connectivity index (χ4v) is 3.27. The van der Waals surface area contributed by atoms with Crippen LogP contribution >= 0.6 is 0 Å². The van der Waals surface area contributed by atoms with Gasteiger partial charge in [0.05, 0.1) is 6.20 Å². The zero-order valence-electron chi connectivity index (χ0n) is 13.8. The highest BCUT2D eigenvalue weighted by Gasteiger charge is 2.45. The van der Waals surface area contributed by atoms with Crippen molar-refractivity contribution in [3.05, 3.63) is 18.0 Å². The first kappa shape index (κ1) is 19.2. The van der Waals surface area contributed by atoms with Crippen LogP contribution in [0.25, 0.3) is 0 Å². The predicted molar refractivity (Wildman–Crippen MR) is 79.9 cm³/mol. The molecule has 1 aromatic rings. The molecule has 0 bridgehead atoms. The van der Waals surface area contributed by atoms with Gasteiger partial charge in [-0.15, -0.1) is 0 Å². The van der Waals surface area contributed by atoms with Crippen LogP contribution in [0, 0.1) is 0 Å². The first-order valence-corrected chi connectivity index (χ1v) is 7.87. The van der Waals surface area contributed by atoms with Gasteiger partial charge < -0.3 is 19.4 Å². The molecule has 2 aliphatic heterocycles. The Labute approximate surface area is 142 Å². The van der Waals surface area contributed by atoms with Crippen molar-refractivity contribution in [3.63, 3.8) is 0 Å². The number of carbonyl (C=O) groups is 2. The number of hydrogen-bond acceptors (Lipinski definition) is 5. The molecule has 0 unspecified atom stereocenters. The summed E-state index contributed by atoms with van der Waals surface area (Å²) >= 11 is 0. The van der Waals surface area contributed by atoms with Crippen molar-refractivity contribution in [2.45, 2.75) is 37.4 Å². The maximum Gasteiger partial charge on any atom is 0.490 e. The summed E-state index contributed by atoms with van der Waals surface area (Å²) in [5, 5.41) is 10.8. The number of hydrogen-bond donors (Lipinski definition) is 1. The predicted octanol–water partition coefficient (Wildman–Crippen LogP) is 2.01. The van der Waals surface area contributed by atoms with E-state index in [1.54, 1.807) is 6.07 Å². The lowest BCUT2D eigenvalue weighted by Gasteiger charge is -2.43. The van der Waals surface area contributed by atoms with Crippen LogP contribution in [0.2, 0.25) is 0 Å². The second-order valence-electron chi connectivity index (χ2n) is 6.27. The van der Waals surface area contributed by atoms with E-state index in [-0.39, 0.29) is 11.4 Å². The molecule has 25 heavy (non-hydrogen) atoms. The minimum absolute atomic E-state index is 0.00885. The van der Waals surface area contributed by atoms with Crippen molar-refractivity contribution in [2.24, 2.45) is 0 Å². The third-order valence-electron chi connectivity index (χ3n) is 4.65. The quantitative estimate of drug-likeness (QED) is 0.821. The fraction of sp³-hybridized carbons (Fsp3) is 0.667. The zero-order valence-corrected chi connectivity index (χ0v) is 13.8. The summed E-state index contributed by atoms with van der Waals surface area (Å²) in [5.41, 5.74) is 0.0659. The SMILES string of the molecule is CN1CCC2(CCCN2C(=O)c2ccno2)CC1.O=C(O)C(F)(F)F. The number of carboxylic acid groups (broad SMARTS) is 1. The molecular formula is C15H20F3N3O4. The normalized spacial score (nSPS) is 20.2. The third-order valence-corrected chi connectivity index (χ3v) is 4.65. The van der Waals surface area contributed by atoms with Crippen molar-refractivity contribution in [1.29, 1.82) is 0 Å². The topological polar surface area (TPSA) is 86.9 Å². The number of aliphatic carboxylic acids is 1. The zero-order chi connectivity index (χ0) is 18.7. The molecule has 7 nitrogen and oxygen atoms in total. The highest BCUT2D eigenvalue weighted by Crippen LogP contribution is 2.38. The molecular weight excluding hydrogens is 343 g/mol. The molecule has 0 aliphatic carbocycles. The third kappa shape index (κ3) is 4.50. The van der Waals surface area contributed by atoms with Crippen molar-refractivity contribution in [1.82, 2.24) is 15.0 Å². The largest absolute Gasteiger partial charge is 0.490 e. The monoisotopic (exact) mass is 363 g/mol. The number of carbonyl (C=O) groups excluding carboxylic acids is 1. The van der Waals surface area contributed by atoms with E-state index in [1.807, 2.05) is 4.90 Å². The van der Waals surface area contributed by atoms with E-state index in [9.17, 15) is 18.0 Å². The maximum atomic E-state index is 12.4. The van der Waals surface area contributed by atoms with Crippen molar-refractivity contribution < 1.29 is 32.4 Å². The van der Waals surface area contributed by atoms with Gasteiger partial charge in [-0.25, -0.2) is 4.79 Å². The highest BCUT2D eigenvalue weighted by molar-refractivity contribution is 5.92. The first-order chi connectivity index (χ1) is 11.7. The van der Waals surface area contributed by atoms with Gasteiger partial charge in [0.15, 0.2) is 0 Å². The number of piperidine rings is 1. The van der Waals surface area contributed by atoms with Gasteiger partial charge in [-0.1, -0.05) is 5.16 Å². The van der Waals surface area contributed by atoms with Crippen LogP contribution in [0.4, 0.5) is 13.2 Å². The lowest BCUT2D eigenvalue weighted by atomic mass is 9.85. The molecule has 2 aliphatic rings. The number of alkyl halides is 3. The minimum atomic E-state index is -5.08. The molecule has 0 radical (unpaired) electrons. The van der Waals surface area contributed by atoms with E-state index in [0.29, 0.717) is 5.76 Å². The van der Waals surface area contributed by atoms with Crippen molar-refractivity contribution in [3.8, 4) is 0 Å². The van der Waals surface area contributed by atoms with Crippen LogP contribution < -0.4 is 0 Å². The molecule has 2 saturated heterocycles. The van der Waals surface area contributed by atoms with Gasteiger partial charge >= 0.3 is 12.1 Å². The lowest BCUT2D eigenvalue weighted by Crippen LogP contribution is -2.53. The van der Waals surface area contributed by atoms with Gasteiger partial charge in [0.1, 0.15) is 0 Å². The van der Waals surface area contributed by atoms with Crippen LogP contribution in [-0.2, 0) is 4.79 Å². The molecule has 0 atom stereocenters. The van der Waals surface area contributed by atoms with E-state index in [2.05, 4.69) is 17.1 Å². The van der Waals surface area contributed by atoms with Crippen LogP contribution in [0.15, 0.2) is 16.8 Å². The fourth-order valence-electron chi connectivity index (χ4n) is 3.27. The molecule has 0 aromatic carbocycles. The number of halogens is 3. The van der Waals surface area contributed by atoms with E-state index < -0.39 is 12.1 Å². The van der Waals surface area contributed by atoms with Gasteiger partial charge in [0.25, 0.3) is 5.91 Å². The molecule has 10 heteroatoms. The molecule has 1 spiro atoms. The summed E-state index contributed by atoms with van der Waals surface area (Å²) in [6.45, 7) is 2.99. The minimum Gasteiger partial charge on any atom is -0.475 e. The molecule has 1 aromatic heterocycles. The summed E-state index contributed by atoms with van der Waals surface area (Å²) in [4.78, 5) is 25.7. The Kier molecular flexibility index (Phi) is 5.71. The molecule has 1 amide bonds. The molecule has 0 saturated carbocycles. The maximum absolute atomic E-state index is 12.4. The van der Waals surface area contributed by atoms with Crippen LogP contribution in [0.3, 0.4) is 0 Å².